The molecule has 7 heteroatoms. The van der Waals surface area contributed by atoms with Crippen molar-refractivity contribution < 1.29 is 4.79 Å². The fraction of sp³-hybridized carbons (Fsp3) is 0.227. The van der Waals surface area contributed by atoms with E-state index in [2.05, 4.69) is 5.32 Å². The normalized spacial score (nSPS) is 14.7. The summed E-state index contributed by atoms with van der Waals surface area (Å²) in [5, 5.41) is 3.70. The SMILES string of the molecule is Nc1c(C(=O)NC2CCCC2)c2nc3ccccc3nc2n1-c1cccc(Cl)c1. The molecule has 2 heterocycles. The molecular formula is C22H20ClN5O. The summed E-state index contributed by atoms with van der Waals surface area (Å²) in [5.41, 5.74) is 10.1. The number of halogens is 1. The topological polar surface area (TPSA) is 85.8 Å². The maximum Gasteiger partial charge on any atom is 0.257 e. The highest BCUT2D eigenvalue weighted by Gasteiger charge is 2.27. The van der Waals surface area contributed by atoms with Crippen LogP contribution in [0.15, 0.2) is 48.5 Å². The minimum absolute atomic E-state index is 0.180. The number of nitrogen functional groups attached to an aromatic ring is 1. The van der Waals surface area contributed by atoms with Crippen LogP contribution in [0.5, 0.6) is 0 Å². The highest BCUT2D eigenvalue weighted by Crippen LogP contribution is 2.32. The average Bonchev–Trinajstić information content (AvgIpc) is 3.31. The summed E-state index contributed by atoms with van der Waals surface area (Å²) < 4.78 is 1.75. The van der Waals surface area contributed by atoms with E-state index in [1.54, 1.807) is 16.7 Å². The van der Waals surface area contributed by atoms with Crippen molar-refractivity contribution in [1.29, 1.82) is 0 Å². The largest absolute Gasteiger partial charge is 0.384 e. The molecule has 0 radical (unpaired) electrons. The molecule has 1 saturated carbocycles. The second-order valence-electron chi connectivity index (χ2n) is 7.41. The number of aromatic nitrogens is 3. The van der Waals surface area contributed by atoms with Gasteiger partial charge in [0, 0.05) is 11.1 Å². The van der Waals surface area contributed by atoms with Crippen molar-refractivity contribution in [1.82, 2.24) is 19.9 Å². The van der Waals surface area contributed by atoms with Crippen LogP contribution in [0.25, 0.3) is 27.9 Å². The van der Waals surface area contributed by atoms with Gasteiger partial charge in [0.1, 0.15) is 16.9 Å². The Morgan fingerprint density at radius 1 is 1.07 bits per heavy atom. The minimum Gasteiger partial charge on any atom is -0.384 e. The Bertz CT molecular complexity index is 1240. The lowest BCUT2D eigenvalue weighted by Crippen LogP contribution is -2.33. The van der Waals surface area contributed by atoms with Crippen molar-refractivity contribution in [2.24, 2.45) is 0 Å². The minimum atomic E-state index is -0.204. The molecule has 0 bridgehead atoms. The van der Waals surface area contributed by atoms with Crippen LogP contribution in [0.2, 0.25) is 5.02 Å². The van der Waals surface area contributed by atoms with E-state index in [4.69, 9.17) is 27.3 Å². The molecule has 0 unspecified atom stereocenters. The zero-order chi connectivity index (χ0) is 20.0. The van der Waals surface area contributed by atoms with Crippen LogP contribution in [-0.2, 0) is 0 Å². The molecule has 3 N–H and O–H groups in total. The van der Waals surface area contributed by atoms with Gasteiger partial charge in [-0.05, 0) is 43.2 Å². The van der Waals surface area contributed by atoms with Crippen molar-refractivity contribution in [3.63, 3.8) is 0 Å². The number of hydrogen-bond acceptors (Lipinski definition) is 4. The lowest BCUT2D eigenvalue weighted by molar-refractivity contribution is 0.0940. The number of amides is 1. The van der Waals surface area contributed by atoms with E-state index in [1.165, 1.54) is 0 Å². The Hall–Kier alpha value is -3.12. The molecule has 29 heavy (non-hydrogen) atoms. The van der Waals surface area contributed by atoms with E-state index in [9.17, 15) is 4.79 Å². The van der Waals surface area contributed by atoms with E-state index in [0.29, 0.717) is 27.6 Å². The summed E-state index contributed by atoms with van der Waals surface area (Å²) in [5.74, 6) is 0.109. The first kappa shape index (κ1) is 17.9. The molecule has 146 valence electrons. The lowest BCUT2D eigenvalue weighted by atomic mass is 10.2. The number of anilines is 1. The molecule has 2 aromatic heterocycles. The van der Waals surface area contributed by atoms with Gasteiger partial charge in [0.15, 0.2) is 5.65 Å². The van der Waals surface area contributed by atoms with Gasteiger partial charge in [-0.2, -0.15) is 0 Å². The summed E-state index contributed by atoms with van der Waals surface area (Å²) in [7, 11) is 0. The van der Waals surface area contributed by atoms with Crippen LogP contribution in [-0.4, -0.2) is 26.5 Å². The number of rotatable bonds is 3. The fourth-order valence-corrected chi connectivity index (χ4v) is 4.27. The van der Waals surface area contributed by atoms with Crippen LogP contribution < -0.4 is 11.1 Å². The van der Waals surface area contributed by atoms with E-state index in [0.717, 1.165) is 42.4 Å². The smallest absolute Gasteiger partial charge is 0.257 e. The molecule has 1 amide bonds. The Morgan fingerprint density at radius 2 is 1.79 bits per heavy atom. The van der Waals surface area contributed by atoms with E-state index < -0.39 is 0 Å². The molecule has 1 fully saturated rings. The first-order valence-corrected chi connectivity index (χ1v) is 10.1. The summed E-state index contributed by atoms with van der Waals surface area (Å²) in [6, 6.07) is 15.1. The first-order chi connectivity index (χ1) is 14.1. The third kappa shape index (κ3) is 3.09. The predicted molar refractivity (Wildman–Crippen MR) is 116 cm³/mol. The second kappa shape index (κ2) is 7.04. The summed E-state index contributed by atoms with van der Waals surface area (Å²) in [4.78, 5) is 22.7. The predicted octanol–water partition coefficient (Wildman–Crippen LogP) is 4.48. The number of nitrogens with two attached hydrogens (primary N) is 1. The van der Waals surface area contributed by atoms with E-state index in [1.807, 2.05) is 36.4 Å². The highest BCUT2D eigenvalue weighted by molar-refractivity contribution is 6.30. The van der Waals surface area contributed by atoms with Crippen molar-refractivity contribution in [2.45, 2.75) is 31.7 Å². The molecule has 0 atom stereocenters. The maximum absolute atomic E-state index is 13.2. The molecule has 0 aliphatic heterocycles. The van der Waals surface area contributed by atoms with Gasteiger partial charge in [-0.1, -0.05) is 42.6 Å². The van der Waals surface area contributed by atoms with Crippen molar-refractivity contribution in [3.05, 3.63) is 59.1 Å². The molecule has 0 spiro atoms. The molecule has 6 nitrogen and oxygen atoms in total. The van der Waals surface area contributed by atoms with Gasteiger partial charge in [0.25, 0.3) is 5.91 Å². The number of nitrogens with zero attached hydrogens (tertiary/aromatic N) is 3. The molecule has 1 aliphatic carbocycles. The van der Waals surface area contributed by atoms with Crippen LogP contribution >= 0.6 is 11.6 Å². The van der Waals surface area contributed by atoms with Gasteiger partial charge < -0.3 is 11.1 Å². The molecule has 0 saturated heterocycles. The van der Waals surface area contributed by atoms with E-state index in [-0.39, 0.29) is 11.9 Å². The summed E-state index contributed by atoms with van der Waals surface area (Å²) in [6.45, 7) is 0. The zero-order valence-electron chi connectivity index (χ0n) is 15.7. The molecule has 2 aromatic carbocycles. The van der Waals surface area contributed by atoms with Gasteiger partial charge in [0.2, 0.25) is 0 Å². The third-order valence-corrected chi connectivity index (χ3v) is 5.72. The van der Waals surface area contributed by atoms with Gasteiger partial charge >= 0.3 is 0 Å². The van der Waals surface area contributed by atoms with Crippen LogP contribution in [0.3, 0.4) is 0 Å². The highest BCUT2D eigenvalue weighted by atomic mass is 35.5. The molecular weight excluding hydrogens is 386 g/mol. The van der Waals surface area contributed by atoms with E-state index >= 15 is 0 Å². The van der Waals surface area contributed by atoms with Crippen molar-refractivity contribution in [2.75, 3.05) is 5.73 Å². The fourth-order valence-electron chi connectivity index (χ4n) is 4.09. The lowest BCUT2D eigenvalue weighted by Gasteiger charge is -2.12. The summed E-state index contributed by atoms with van der Waals surface area (Å²) in [6.07, 6.45) is 4.25. The molecule has 4 aromatic rings. The summed E-state index contributed by atoms with van der Waals surface area (Å²) >= 11 is 6.21. The third-order valence-electron chi connectivity index (χ3n) is 5.48. The standard InChI is InChI=1S/C22H20ClN5O/c23-13-6-5-9-15(12-13)28-20(24)18(22(29)25-14-7-1-2-8-14)19-21(28)27-17-11-4-3-10-16(17)26-19/h3-6,9-12,14H,1-2,7-8,24H2,(H,25,29). The van der Waals surface area contributed by atoms with Crippen molar-refractivity contribution in [3.8, 4) is 5.69 Å². The monoisotopic (exact) mass is 405 g/mol. The Morgan fingerprint density at radius 3 is 2.52 bits per heavy atom. The van der Waals surface area contributed by atoms with Gasteiger partial charge in [0.05, 0.1) is 16.7 Å². The average molecular weight is 406 g/mol. The van der Waals surface area contributed by atoms with Gasteiger partial charge in [-0.15, -0.1) is 0 Å². The zero-order valence-corrected chi connectivity index (χ0v) is 16.5. The number of para-hydroxylation sites is 2. The number of carbonyl (C=O) groups is 1. The molecule has 1 aliphatic rings. The molecule has 5 rings (SSSR count). The number of hydrogen-bond donors (Lipinski definition) is 2. The Kier molecular flexibility index (Phi) is 4.36. The van der Waals surface area contributed by atoms with Crippen LogP contribution in [0, 0.1) is 0 Å². The number of benzene rings is 2. The van der Waals surface area contributed by atoms with Gasteiger partial charge in [-0.3, -0.25) is 9.36 Å². The van der Waals surface area contributed by atoms with Crippen molar-refractivity contribution >= 4 is 45.5 Å². The number of carbonyl (C=O) groups excluding carboxylic acids is 1. The first-order valence-electron chi connectivity index (χ1n) is 9.75. The number of fused-ring (bicyclic) bond motifs is 2. The Balaban J connectivity index is 1.76. The van der Waals surface area contributed by atoms with Crippen LogP contribution in [0.4, 0.5) is 5.82 Å². The van der Waals surface area contributed by atoms with Crippen LogP contribution in [0.1, 0.15) is 36.0 Å². The quantitative estimate of drug-likeness (QED) is 0.526. The Labute approximate surface area is 172 Å². The number of nitrogens with one attached hydrogen (secondary N) is 1. The maximum atomic E-state index is 13.2. The second-order valence-corrected chi connectivity index (χ2v) is 7.85. The van der Waals surface area contributed by atoms with Gasteiger partial charge in [-0.25, -0.2) is 9.97 Å².